The number of aromatic amines is 2. The van der Waals surface area contributed by atoms with Gasteiger partial charge in [0.05, 0.1) is 25.9 Å². The number of anilines is 1. The second-order valence-electron chi connectivity index (χ2n) is 13.4. The lowest BCUT2D eigenvalue weighted by Gasteiger charge is -2.27. The molecular formula is C30H41N7O20P2. The molecule has 0 spiro atoms. The molecule has 0 bridgehead atoms. The van der Waals surface area contributed by atoms with Gasteiger partial charge < -0.3 is 49.4 Å². The molecule has 3 fully saturated rings. The minimum atomic E-state index is -5.26. The summed E-state index contributed by atoms with van der Waals surface area (Å²) in [6.45, 7) is -1.10. The van der Waals surface area contributed by atoms with E-state index < -0.39 is 131 Å². The number of methoxy groups -OCH3 is 2. The fourth-order valence-corrected chi connectivity index (χ4v) is 8.61. The molecule has 3 aliphatic rings. The highest BCUT2D eigenvalue weighted by Gasteiger charge is 2.53. The number of aryl methyl sites for hydroxylation is 1. The van der Waals surface area contributed by atoms with Crippen LogP contribution in [0.2, 0.25) is 0 Å². The van der Waals surface area contributed by atoms with Crippen molar-refractivity contribution in [1.29, 1.82) is 0 Å². The summed E-state index contributed by atoms with van der Waals surface area (Å²) in [4.78, 5) is 90.6. The van der Waals surface area contributed by atoms with Gasteiger partial charge in [0, 0.05) is 50.9 Å². The van der Waals surface area contributed by atoms with Crippen LogP contribution < -0.4 is 33.9 Å². The lowest BCUT2D eigenvalue weighted by molar-refractivity contribution is -0.0662. The summed E-state index contributed by atoms with van der Waals surface area (Å²) in [5, 5.41) is 20.6. The number of aromatic nitrogens is 6. The highest BCUT2D eigenvalue weighted by atomic mass is 31.2. The van der Waals surface area contributed by atoms with E-state index in [-0.39, 0.29) is 17.8 Å². The number of aliphatic hydroxyl groups excluding tert-OH is 2. The molecule has 3 saturated heterocycles. The largest absolute Gasteiger partial charge is 0.472 e. The average molecular weight is 882 g/mol. The SMILES string of the molecule is CO[C@@H]1[C@H](OP(=O)(O)OC[C@H]2O[C@@H](n3cc(C)c(=O)[nH]c3=O)C[C@@H]2O)[C@@H](COP(=O)(O)O[C@H]2[C@@H](OC)[C@H](n3ccc(=O)[nH]c3=O)O[C@@H]2CO)O[C@H]1n1ccc(N)nc1=O. The molecule has 29 heteroatoms. The zero-order valence-corrected chi connectivity index (χ0v) is 32.9. The first kappa shape index (κ1) is 44.5. The van der Waals surface area contributed by atoms with Crippen LogP contribution in [0.3, 0.4) is 0 Å². The summed E-state index contributed by atoms with van der Waals surface area (Å²) >= 11 is 0. The lowest BCUT2D eigenvalue weighted by atomic mass is 10.1. The lowest BCUT2D eigenvalue weighted by Crippen LogP contribution is -2.40. The van der Waals surface area contributed by atoms with Crippen LogP contribution in [0.1, 0.15) is 30.7 Å². The van der Waals surface area contributed by atoms with E-state index in [2.05, 4.69) is 9.97 Å². The molecule has 3 aliphatic heterocycles. The van der Waals surface area contributed by atoms with Crippen LogP contribution in [0.15, 0.2) is 54.7 Å². The van der Waals surface area contributed by atoms with Gasteiger partial charge in [-0.2, -0.15) is 4.98 Å². The number of nitrogen functional groups attached to an aromatic ring is 1. The number of aliphatic hydroxyl groups is 2. The molecule has 27 nitrogen and oxygen atoms in total. The van der Waals surface area contributed by atoms with Gasteiger partial charge in [-0.25, -0.2) is 23.5 Å². The summed E-state index contributed by atoms with van der Waals surface area (Å²) in [6, 6.07) is 2.24. The van der Waals surface area contributed by atoms with E-state index >= 15 is 0 Å². The molecule has 6 rings (SSSR count). The first-order chi connectivity index (χ1) is 27.8. The van der Waals surface area contributed by atoms with Gasteiger partial charge in [-0.1, -0.05) is 0 Å². The Labute approximate surface area is 329 Å². The molecular weight excluding hydrogens is 840 g/mol. The van der Waals surface area contributed by atoms with E-state index in [1.165, 1.54) is 25.4 Å². The maximum absolute atomic E-state index is 13.4. The number of rotatable bonds is 16. The molecule has 59 heavy (non-hydrogen) atoms. The number of H-pyrrole nitrogens is 2. The van der Waals surface area contributed by atoms with Crippen molar-refractivity contribution >= 4 is 21.5 Å². The summed E-state index contributed by atoms with van der Waals surface area (Å²) in [6.07, 6.45) is -12.4. The fraction of sp³-hybridized carbons (Fsp3) is 0.600. The molecule has 0 amide bonds. The summed E-state index contributed by atoms with van der Waals surface area (Å²) < 4.78 is 79.1. The average Bonchev–Trinajstić information content (AvgIpc) is 3.82. The zero-order valence-electron chi connectivity index (χ0n) is 31.1. The molecule has 0 saturated carbocycles. The minimum Gasteiger partial charge on any atom is -0.394 e. The van der Waals surface area contributed by atoms with Gasteiger partial charge in [0.2, 0.25) is 0 Å². The number of nitrogens with one attached hydrogen (secondary N) is 2. The number of ether oxygens (including phenoxy) is 5. The van der Waals surface area contributed by atoms with Gasteiger partial charge in [0.15, 0.2) is 12.5 Å². The molecule has 0 radical (unpaired) electrons. The van der Waals surface area contributed by atoms with Gasteiger partial charge >= 0.3 is 32.7 Å². The Kier molecular flexibility index (Phi) is 13.5. The zero-order chi connectivity index (χ0) is 43.0. The van der Waals surface area contributed by atoms with Crippen molar-refractivity contribution in [3.63, 3.8) is 0 Å². The van der Waals surface area contributed by atoms with E-state index in [9.17, 15) is 53.1 Å². The standard InChI is InChI=1S/C30H41N7O20P2/c1-13-9-37(30(44)34-25(13)41)20-8-14(39)16(53-20)11-51-58(45,46)57-22-17(55-27(24(22)50-3)35-6-4-18(31)32-28(35)42)12-52-59(47,48)56-21-15(10-38)54-26(23(21)49-2)36-7-5-19(40)33-29(36)43/h4-7,9,14-17,20-24,26-27,38-39H,8,10-12H2,1-3H3,(H,45,46)(H,47,48)(H2,31,32,42)(H,33,40,43)(H,34,41,44)/t14-,15+,16+,17+,20+,21+,22+,23+,24+,26+,27+/m0/s1. The van der Waals surface area contributed by atoms with Crippen molar-refractivity contribution in [2.75, 3.05) is 39.8 Å². The third-order valence-corrected chi connectivity index (χ3v) is 11.5. The normalized spacial score (nSPS) is 31.6. The van der Waals surface area contributed by atoms with Crippen molar-refractivity contribution in [3.8, 4) is 0 Å². The van der Waals surface area contributed by atoms with Gasteiger partial charge in [0.1, 0.15) is 54.8 Å². The van der Waals surface area contributed by atoms with E-state index in [4.69, 9.17) is 47.5 Å². The number of phosphoric acid groups is 2. The Morgan fingerprint density at radius 3 is 1.97 bits per heavy atom. The Balaban J connectivity index is 1.18. The molecule has 2 unspecified atom stereocenters. The number of nitrogens with two attached hydrogens (primary N) is 1. The van der Waals surface area contributed by atoms with Gasteiger partial charge in [-0.05, 0) is 13.0 Å². The maximum Gasteiger partial charge on any atom is 0.472 e. The smallest absolute Gasteiger partial charge is 0.394 e. The highest BCUT2D eigenvalue weighted by Crippen LogP contribution is 2.52. The van der Waals surface area contributed by atoms with Crippen LogP contribution in [-0.2, 0) is 50.9 Å². The summed E-state index contributed by atoms with van der Waals surface area (Å²) in [5.41, 5.74) is 1.75. The summed E-state index contributed by atoms with van der Waals surface area (Å²) in [5.74, 6) is -0.157. The van der Waals surface area contributed by atoms with Gasteiger partial charge in [-0.3, -0.25) is 51.4 Å². The van der Waals surface area contributed by atoms with E-state index in [1.54, 1.807) is 0 Å². The van der Waals surface area contributed by atoms with E-state index in [0.717, 1.165) is 40.2 Å². The number of hydrogen-bond acceptors (Lipinski definition) is 20. The van der Waals surface area contributed by atoms with Crippen molar-refractivity contribution < 1.29 is 70.9 Å². The third kappa shape index (κ3) is 9.80. The van der Waals surface area contributed by atoms with Crippen molar-refractivity contribution in [2.45, 2.75) is 80.9 Å². The fourth-order valence-electron chi connectivity index (χ4n) is 6.69. The molecule has 3 aromatic rings. The molecule has 0 aromatic carbocycles. The monoisotopic (exact) mass is 881 g/mol. The maximum atomic E-state index is 13.4. The number of nitrogens with zero attached hydrogens (tertiary/aromatic N) is 4. The Bertz CT molecular complexity index is 2390. The van der Waals surface area contributed by atoms with Crippen molar-refractivity contribution in [3.05, 3.63) is 88.4 Å². The Hall–Kier alpha value is -4.02. The molecule has 0 aliphatic carbocycles. The second-order valence-corrected chi connectivity index (χ2v) is 16.2. The van der Waals surface area contributed by atoms with Gasteiger partial charge in [0.25, 0.3) is 11.1 Å². The van der Waals surface area contributed by atoms with Crippen LogP contribution in [0.5, 0.6) is 0 Å². The molecule has 8 N–H and O–H groups in total. The predicted molar refractivity (Wildman–Crippen MR) is 193 cm³/mol. The topological polar surface area (TPSA) is 369 Å². The first-order valence-corrected chi connectivity index (χ1v) is 20.4. The van der Waals surface area contributed by atoms with Crippen LogP contribution >= 0.6 is 15.6 Å². The highest BCUT2D eigenvalue weighted by molar-refractivity contribution is 7.47. The quantitative estimate of drug-likeness (QED) is 0.0693. The summed E-state index contributed by atoms with van der Waals surface area (Å²) in [7, 11) is -8.21. The molecule has 3 aromatic heterocycles. The molecule has 326 valence electrons. The van der Waals surface area contributed by atoms with Crippen LogP contribution in [0.25, 0.3) is 0 Å². The van der Waals surface area contributed by atoms with Crippen molar-refractivity contribution in [2.24, 2.45) is 0 Å². The second kappa shape index (κ2) is 17.9. The minimum absolute atomic E-state index is 0.157. The Morgan fingerprint density at radius 1 is 0.814 bits per heavy atom. The number of hydrogen-bond donors (Lipinski definition) is 7. The van der Waals surface area contributed by atoms with Gasteiger partial charge in [-0.15, -0.1) is 0 Å². The molecule has 6 heterocycles. The Morgan fingerprint density at radius 2 is 1.37 bits per heavy atom. The van der Waals surface area contributed by atoms with Crippen LogP contribution in [0.4, 0.5) is 5.82 Å². The van der Waals surface area contributed by atoms with Crippen molar-refractivity contribution in [1.82, 2.24) is 28.7 Å². The molecule has 13 atom stereocenters. The van der Waals surface area contributed by atoms with E-state index in [0.29, 0.717) is 0 Å². The van der Waals surface area contributed by atoms with Crippen LogP contribution in [0, 0.1) is 6.92 Å². The number of phosphoric ester groups is 2. The van der Waals surface area contributed by atoms with E-state index in [1.807, 2.05) is 4.98 Å². The predicted octanol–water partition coefficient (Wildman–Crippen LogP) is -3.30. The first-order valence-electron chi connectivity index (χ1n) is 17.5. The third-order valence-electron chi connectivity index (χ3n) is 9.52. The van der Waals surface area contributed by atoms with Crippen LogP contribution in [-0.4, -0.2) is 132 Å².